The predicted octanol–water partition coefficient (Wildman–Crippen LogP) is 12.5. The van der Waals surface area contributed by atoms with E-state index in [1.54, 1.807) is 0 Å². The molecule has 0 heterocycles. The van der Waals surface area contributed by atoms with Gasteiger partial charge >= 0.3 is 0 Å². The van der Waals surface area contributed by atoms with Gasteiger partial charge in [0, 0.05) is 0 Å². The van der Waals surface area contributed by atoms with Gasteiger partial charge in [0.15, 0.2) is 0 Å². The molecule has 0 bridgehead atoms. The highest BCUT2D eigenvalue weighted by atomic mass is 16.5. The molecule has 2 saturated carbocycles. The summed E-state index contributed by atoms with van der Waals surface area (Å²) in [6.45, 7) is 12.7. The first kappa shape index (κ1) is 36.7. The van der Waals surface area contributed by atoms with Gasteiger partial charge in [0.05, 0.1) is 35.5 Å². The van der Waals surface area contributed by atoms with Crippen molar-refractivity contribution in [2.45, 2.75) is 142 Å². The molecule has 3 heteroatoms. The van der Waals surface area contributed by atoms with Crippen molar-refractivity contribution in [2.24, 2.45) is 23.7 Å². The number of hydrogen-bond donors (Lipinski definition) is 0. The zero-order valence-corrected chi connectivity index (χ0v) is 29.5. The van der Waals surface area contributed by atoms with Crippen molar-refractivity contribution in [2.75, 3.05) is 0 Å². The quantitative estimate of drug-likeness (QED) is 0.121. The van der Waals surface area contributed by atoms with Gasteiger partial charge in [-0.25, -0.2) is 0 Å². The first-order chi connectivity index (χ1) is 23.0. The molecule has 2 aromatic rings. The van der Waals surface area contributed by atoms with Crippen LogP contribution < -0.4 is 0 Å². The number of ether oxygens (including phenoxy) is 1. The zero-order valence-electron chi connectivity index (χ0n) is 29.5. The minimum absolute atomic E-state index is 0.0474. The Kier molecular flexibility index (Phi) is 15.3. The average Bonchev–Trinajstić information content (AvgIpc) is 3.10. The molecule has 2 unspecified atom stereocenters. The molecule has 4 rings (SSSR count). The average molecular weight is 633 g/mol. The molecule has 0 spiro atoms. The second kappa shape index (κ2) is 19.6. The molecule has 3 nitrogen and oxygen atoms in total. The van der Waals surface area contributed by atoms with Gasteiger partial charge in [-0.3, -0.25) is 0 Å². The number of hydrogen-bond acceptors (Lipinski definition) is 3. The Morgan fingerprint density at radius 1 is 0.660 bits per heavy atom. The summed E-state index contributed by atoms with van der Waals surface area (Å²) in [6, 6.07) is 17.2. The van der Waals surface area contributed by atoms with E-state index in [9.17, 15) is 10.5 Å². The van der Waals surface area contributed by atoms with E-state index in [2.05, 4.69) is 63.4 Å². The van der Waals surface area contributed by atoms with Crippen molar-refractivity contribution >= 4 is 0 Å². The molecule has 2 fully saturated rings. The highest BCUT2D eigenvalue weighted by Crippen LogP contribution is 2.48. The Labute approximate surface area is 287 Å². The minimum atomic E-state index is -0.0474. The van der Waals surface area contributed by atoms with Crippen LogP contribution in [-0.4, -0.2) is 0 Å². The Balaban J connectivity index is 1.71. The molecule has 0 radical (unpaired) electrons. The van der Waals surface area contributed by atoms with Gasteiger partial charge < -0.3 is 4.74 Å². The summed E-state index contributed by atoms with van der Waals surface area (Å²) in [5, 5.41) is 19.5. The van der Waals surface area contributed by atoms with Crippen LogP contribution in [0.3, 0.4) is 0 Å². The fraction of sp³-hybridized carbons (Fsp3) is 0.591. The summed E-state index contributed by atoms with van der Waals surface area (Å²) in [6.07, 6.45) is 25.7. The first-order valence-corrected chi connectivity index (χ1v) is 19.0. The Morgan fingerprint density at radius 3 is 1.40 bits per heavy atom. The number of nitrogens with zero attached hydrogens (tertiary/aromatic N) is 2. The van der Waals surface area contributed by atoms with E-state index in [-0.39, 0.29) is 12.2 Å². The van der Waals surface area contributed by atoms with E-state index < -0.39 is 0 Å². The maximum absolute atomic E-state index is 9.77. The Bertz CT molecular complexity index is 1240. The standard InChI is InChI=1S/C44H60N2O/c1-5-9-11-15-33-17-23-37(24-18-33)43(41-27-21-35(31-45)29-39(41)13-7-3)47-44(38-25-19-34(20-26-38)16-12-10-6-2)42-28-22-36(32-46)30-40(42)14-8-4/h7-8,21-22,27-30,33-34,37-38,43-44H,3-6,9-20,23-26H2,1-2H3. The van der Waals surface area contributed by atoms with Crippen molar-refractivity contribution in [3.63, 3.8) is 0 Å². The third-order valence-electron chi connectivity index (χ3n) is 11.2. The molecule has 0 saturated heterocycles. The van der Waals surface area contributed by atoms with E-state index in [1.807, 2.05) is 24.3 Å². The van der Waals surface area contributed by atoms with Gasteiger partial charge in [-0.05, 0) is 109 Å². The summed E-state index contributed by atoms with van der Waals surface area (Å²) < 4.78 is 7.66. The molecular formula is C44H60N2O. The van der Waals surface area contributed by atoms with E-state index in [0.717, 1.165) is 24.7 Å². The molecule has 0 amide bonds. The normalized spacial score (nSPS) is 22.5. The molecule has 2 atom stereocenters. The van der Waals surface area contributed by atoms with Crippen LogP contribution in [-0.2, 0) is 17.6 Å². The van der Waals surface area contributed by atoms with Crippen LogP contribution in [0.5, 0.6) is 0 Å². The van der Waals surface area contributed by atoms with Gasteiger partial charge in [-0.2, -0.15) is 10.5 Å². The van der Waals surface area contributed by atoms with Crippen LogP contribution >= 0.6 is 0 Å². The Morgan fingerprint density at radius 2 is 1.06 bits per heavy atom. The molecule has 2 aliphatic rings. The lowest BCUT2D eigenvalue weighted by atomic mass is 9.74. The number of allylic oxidation sites excluding steroid dienone is 2. The fourth-order valence-corrected chi connectivity index (χ4v) is 8.53. The second-order valence-electron chi connectivity index (χ2n) is 14.6. The highest BCUT2D eigenvalue weighted by Gasteiger charge is 2.37. The molecule has 2 aliphatic carbocycles. The van der Waals surface area contributed by atoms with Crippen LogP contribution in [0.4, 0.5) is 0 Å². The van der Waals surface area contributed by atoms with Gasteiger partial charge in [0.2, 0.25) is 0 Å². The van der Waals surface area contributed by atoms with Crippen molar-refractivity contribution in [1.82, 2.24) is 0 Å². The smallest absolute Gasteiger partial charge is 0.0991 e. The third-order valence-corrected chi connectivity index (χ3v) is 11.2. The largest absolute Gasteiger partial charge is 0.365 e. The van der Waals surface area contributed by atoms with Gasteiger partial charge in [0.25, 0.3) is 0 Å². The molecule has 2 aromatic carbocycles. The van der Waals surface area contributed by atoms with Crippen LogP contribution in [0.1, 0.15) is 162 Å². The summed E-state index contributed by atoms with van der Waals surface area (Å²) in [7, 11) is 0. The van der Waals surface area contributed by atoms with Crippen LogP contribution in [0, 0.1) is 46.3 Å². The van der Waals surface area contributed by atoms with Crippen molar-refractivity contribution in [3.8, 4) is 12.1 Å². The number of rotatable bonds is 18. The van der Waals surface area contributed by atoms with Crippen LogP contribution in [0.15, 0.2) is 61.7 Å². The maximum atomic E-state index is 9.77. The predicted molar refractivity (Wildman–Crippen MR) is 196 cm³/mol. The fourth-order valence-electron chi connectivity index (χ4n) is 8.53. The van der Waals surface area contributed by atoms with Crippen molar-refractivity contribution in [1.29, 1.82) is 10.5 Å². The van der Waals surface area contributed by atoms with E-state index in [0.29, 0.717) is 23.0 Å². The van der Waals surface area contributed by atoms with Crippen molar-refractivity contribution in [3.05, 3.63) is 95.1 Å². The van der Waals surface area contributed by atoms with Crippen molar-refractivity contribution < 1.29 is 4.74 Å². The summed E-state index contributed by atoms with van der Waals surface area (Å²) >= 11 is 0. The summed E-state index contributed by atoms with van der Waals surface area (Å²) in [5.41, 5.74) is 6.19. The molecule has 0 N–H and O–H groups in total. The number of unbranched alkanes of at least 4 members (excludes halogenated alkanes) is 4. The maximum Gasteiger partial charge on any atom is 0.0991 e. The highest BCUT2D eigenvalue weighted by molar-refractivity contribution is 5.42. The number of benzene rings is 2. The topological polar surface area (TPSA) is 56.8 Å². The molecule has 47 heavy (non-hydrogen) atoms. The second-order valence-corrected chi connectivity index (χ2v) is 14.6. The molecule has 0 aromatic heterocycles. The van der Waals surface area contributed by atoms with Crippen LogP contribution in [0.2, 0.25) is 0 Å². The van der Waals surface area contributed by atoms with E-state index in [4.69, 9.17) is 4.74 Å². The number of nitriles is 2. The van der Waals surface area contributed by atoms with E-state index >= 15 is 0 Å². The monoisotopic (exact) mass is 632 g/mol. The van der Waals surface area contributed by atoms with Gasteiger partial charge in [-0.1, -0.05) is 115 Å². The SMILES string of the molecule is C=CCc1cc(C#N)ccc1C(OC(c1ccc(C#N)cc1CC=C)C1CCC(CCCCC)CC1)C1CCC(CCCCC)CC1. The lowest BCUT2D eigenvalue weighted by Gasteiger charge is -2.41. The minimum Gasteiger partial charge on any atom is -0.365 e. The summed E-state index contributed by atoms with van der Waals surface area (Å²) in [4.78, 5) is 0. The first-order valence-electron chi connectivity index (χ1n) is 19.0. The zero-order chi connectivity index (χ0) is 33.4. The molecular weight excluding hydrogens is 572 g/mol. The van der Waals surface area contributed by atoms with Gasteiger partial charge in [0.1, 0.15) is 0 Å². The van der Waals surface area contributed by atoms with Gasteiger partial charge in [-0.15, -0.1) is 13.2 Å². The third kappa shape index (κ3) is 10.4. The molecule has 0 aliphatic heterocycles. The summed E-state index contributed by atoms with van der Waals surface area (Å²) in [5.74, 6) is 2.51. The molecule has 252 valence electrons. The van der Waals surface area contributed by atoms with Crippen LogP contribution in [0.25, 0.3) is 0 Å². The lowest BCUT2D eigenvalue weighted by molar-refractivity contribution is -0.0913. The Hall–Kier alpha value is -3.14. The van der Waals surface area contributed by atoms with E-state index in [1.165, 1.54) is 125 Å². The lowest BCUT2D eigenvalue weighted by Crippen LogP contribution is -2.29.